The highest BCUT2D eigenvalue weighted by Gasteiger charge is 2.35. The fourth-order valence-electron chi connectivity index (χ4n) is 3.09. The quantitative estimate of drug-likeness (QED) is 0.769. The van der Waals surface area contributed by atoms with E-state index in [1.165, 1.54) is 25.8 Å². The molecule has 19 heavy (non-hydrogen) atoms. The SMILES string of the molecule is CCCCN1CCC(NC(=O)CC2(N)CCC2)CC1. The van der Waals surface area contributed by atoms with E-state index in [0.717, 1.165) is 38.8 Å². The molecule has 1 saturated heterocycles. The number of unbranched alkanes of at least 4 members (excludes halogenated alkanes) is 1. The minimum absolute atomic E-state index is 0.161. The number of piperidine rings is 1. The molecule has 2 aliphatic rings. The predicted molar refractivity (Wildman–Crippen MR) is 77.9 cm³/mol. The number of likely N-dealkylation sites (tertiary alicyclic amines) is 1. The Morgan fingerprint density at radius 1 is 1.37 bits per heavy atom. The van der Waals surface area contributed by atoms with Gasteiger partial charge in [0.2, 0.25) is 5.91 Å². The Morgan fingerprint density at radius 2 is 2.05 bits per heavy atom. The van der Waals surface area contributed by atoms with Crippen molar-refractivity contribution in [2.24, 2.45) is 5.73 Å². The van der Waals surface area contributed by atoms with Crippen molar-refractivity contribution in [1.82, 2.24) is 10.2 Å². The summed E-state index contributed by atoms with van der Waals surface area (Å²) in [7, 11) is 0. The molecule has 1 aliphatic heterocycles. The Morgan fingerprint density at radius 3 is 2.58 bits per heavy atom. The summed E-state index contributed by atoms with van der Waals surface area (Å²) in [6, 6.07) is 0.369. The molecule has 1 amide bonds. The highest BCUT2D eigenvalue weighted by atomic mass is 16.1. The number of nitrogens with one attached hydrogen (secondary N) is 1. The maximum atomic E-state index is 12.0. The van der Waals surface area contributed by atoms with Crippen LogP contribution in [0.2, 0.25) is 0 Å². The molecule has 2 rings (SSSR count). The Labute approximate surface area is 117 Å². The Bertz CT molecular complexity index is 294. The number of carbonyl (C=O) groups is 1. The molecule has 0 spiro atoms. The van der Waals surface area contributed by atoms with Crippen LogP contribution in [0.3, 0.4) is 0 Å². The first kappa shape index (κ1) is 14.8. The zero-order valence-corrected chi connectivity index (χ0v) is 12.3. The maximum absolute atomic E-state index is 12.0. The van der Waals surface area contributed by atoms with Gasteiger partial charge in [-0.3, -0.25) is 4.79 Å². The number of carbonyl (C=O) groups excluding carboxylic acids is 1. The van der Waals surface area contributed by atoms with E-state index in [2.05, 4.69) is 17.1 Å². The summed E-state index contributed by atoms with van der Waals surface area (Å²) in [5.74, 6) is 0.161. The smallest absolute Gasteiger partial charge is 0.222 e. The summed E-state index contributed by atoms with van der Waals surface area (Å²) in [6.45, 7) is 5.69. The lowest BCUT2D eigenvalue weighted by atomic mass is 9.75. The average Bonchev–Trinajstić information content (AvgIpc) is 2.36. The van der Waals surface area contributed by atoms with E-state index in [9.17, 15) is 4.79 Å². The molecule has 4 heteroatoms. The first-order valence-electron chi connectivity index (χ1n) is 7.92. The van der Waals surface area contributed by atoms with Crippen molar-refractivity contribution in [3.8, 4) is 0 Å². The molecule has 0 aromatic rings. The number of nitrogens with two attached hydrogens (primary N) is 1. The van der Waals surface area contributed by atoms with Crippen molar-refractivity contribution in [3.05, 3.63) is 0 Å². The zero-order valence-electron chi connectivity index (χ0n) is 12.3. The second kappa shape index (κ2) is 6.71. The molecule has 0 unspecified atom stereocenters. The van der Waals surface area contributed by atoms with Crippen LogP contribution < -0.4 is 11.1 Å². The third-order valence-electron chi connectivity index (χ3n) is 4.64. The highest BCUT2D eigenvalue weighted by molar-refractivity contribution is 5.77. The van der Waals surface area contributed by atoms with Gasteiger partial charge < -0.3 is 16.0 Å². The molecule has 2 fully saturated rings. The van der Waals surface area contributed by atoms with Gasteiger partial charge in [-0.1, -0.05) is 13.3 Å². The average molecular weight is 267 g/mol. The van der Waals surface area contributed by atoms with Crippen molar-refractivity contribution in [3.63, 3.8) is 0 Å². The van der Waals surface area contributed by atoms with Gasteiger partial charge >= 0.3 is 0 Å². The molecule has 0 aromatic carbocycles. The minimum Gasteiger partial charge on any atom is -0.353 e. The van der Waals surface area contributed by atoms with E-state index in [-0.39, 0.29) is 11.4 Å². The van der Waals surface area contributed by atoms with Crippen LogP contribution in [-0.4, -0.2) is 42.0 Å². The van der Waals surface area contributed by atoms with Gasteiger partial charge in [-0.25, -0.2) is 0 Å². The molecule has 0 aromatic heterocycles. The summed E-state index contributed by atoms with van der Waals surface area (Å²) in [5, 5.41) is 3.17. The molecule has 0 radical (unpaired) electrons. The first-order chi connectivity index (χ1) is 9.11. The van der Waals surface area contributed by atoms with E-state index in [4.69, 9.17) is 5.73 Å². The van der Waals surface area contributed by atoms with E-state index in [1.54, 1.807) is 0 Å². The molecule has 3 N–H and O–H groups in total. The summed E-state index contributed by atoms with van der Waals surface area (Å²) in [4.78, 5) is 14.5. The molecular formula is C15H29N3O. The highest BCUT2D eigenvalue weighted by Crippen LogP contribution is 2.32. The van der Waals surface area contributed by atoms with Crippen molar-refractivity contribution in [1.29, 1.82) is 0 Å². The lowest BCUT2D eigenvalue weighted by Crippen LogP contribution is -2.52. The van der Waals surface area contributed by atoms with Gasteiger partial charge in [0.05, 0.1) is 0 Å². The van der Waals surface area contributed by atoms with Gasteiger partial charge in [0, 0.05) is 31.1 Å². The predicted octanol–water partition coefficient (Wildman–Crippen LogP) is 1.64. The summed E-state index contributed by atoms with van der Waals surface area (Å²) in [5.41, 5.74) is 5.93. The molecular weight excluding hydrogens is 238 g/mol. The van der Waals surface area contributed by atoms with Gasteiger partial charge in [-0.15, -0.1) is 0 Å². The summed E-state index contributed by atoms with van der Waals surface area (Å²) in [6.07, 6.45) is 8.44. The van der Waals surface area contributed by atoms with Gasteiger partial charge in [-0.2, -0.15) is 0 Å². The minimum atomic E-state index is -0.189. The normalized spacial score (nSPS) is 23.9. The Balaban J connectivity index is 1.63. The van der Waals surface area contributed by atoms with Crippen LogP contribution in [0.15, 0.2) is 0 Å². The number of rotatable bonds is 6. The van der Waals surface area contributed by atoms with Crippen LogP contribution in [0.5, 0.6) is 0 Å². The van der Waals surface area contributed by atoms with Crippen molar-refractivity contribution in [2.45, 2.75) is 69.9 Å². The van der Waals surface area contributed by atoms with Gasteiger partial charge in [0.15, 0.2) is 0 Å². The van der Waals surface area contributed by atoms with Gasteiger partial charge in [0.25, 0.3) is 0 Å². The molecule has 4 nitrogen and oxygen atoms in total. The molecule has 1 aliphatic carbocycles. The van der Waals surface area contributed by atoms with Crippen LogP contribution in [0.25, 0.3) is 0 Å². The van der Waals surface area contributed by atoms with E-state index >= 15 is 0 Å². The maximum Gasteiger partial charge on any atom is 0.222 e. The zero-order chi connectivity index (χ0) is 13.7. The topological polar surface area (TPSA) is 58.4 Å². The molecule has 110 valence electrons. The van der Waals surface area contributed by atoms with Gasteiger partial charge in [-0.05, 0) is 45.1 Å². The lowest BCUT2D eigenvalue weighted by Gasteiger charge is -2.38. The molecule has 1 heterocycles. The van der Waals surface area contributed by atoms with Crippen molar-refractivity contribution in [2.75, 3.05) is 19.6 Å². The second-order valence-corrected chi connectivity index (χ2v) is 6.43. The van der Waals surface area contributed by atoms with Crippen molar-refractivity contribution < 1.29 is 4.79 Å². The summed E-state index contributed by atoms with van der Waals surface area (Å²) < 4.78 is 0. The van der Waals surface area contributed by atoms with E-state index in [0.29, 0.717) is 12.5 Å². The van der Waals surface area contributed by atoms with Crippen LogP contribution in [0.1, 0.15) is 58.3 Å². The number of amides is 1. The van der Waals surface area contributed by atoms with Gasteiger partial charge in [0.1, 0.15) is 0 Å². The number of nitrogens with zero attached hydrogens (tertiary/aromatic N) is 1. The van der Waals surface area contributed by atoms with E-state index in [1.807, 2.05) is 0 Å². The standard InChI is InChI=1S/C15H29N3O/c1-2-3-9-18-10-5-13(6-11-18)17-14(19)12-15(16)7-4-8-15/h13H,2-12,16H2,1H3,(H,17,19). The third-order valence-corrected chi connectivity index (χ3v) is 4.64. The Kier molecular flexibility index (Phi) is 5.22. The van der Waals surface area contributed by atoms with Crippen LogP contribution in [0.4, 0.5) is 0 Å². The van der Waals surface area contributed by atoms with Crippen LogP contribution >= 0.6 is 0 Å². The molecule has 0 atom stereocenters. The Hall–Kier alpha value is -0.610. The van der Waals surface area contributed by atoms with E-state index < -0.39 is 0 Å². The fourth-order valence-corrected chi connectivity index (χ4v) is 3.09. The number of hydrogen-bond donors (Lipinski definition) is 2. The van der Waals surface area contributed by atoms with Crippen molar-refractivity contribution >= 4 is 5.91 Å². The monoisotopic (exact) mass is 267 g/mol. The lowest BCUT2D eigenvalue weighted by molar-refractivity contribution is -0.124. The fraction of sp³-hybridized carbons (Fsp3) is 0.933. The van der Waals surface area contributed by atoms with Crippen LogP contribution in [-0.2, 0) is 4.79 Å². The first-order valence-corrected chi connectivity index (χ1v) is 7.92. The largest absolute Gasteiger partial charge is 0.353 e. The van der Waals surface area contributed by atoms with Crippen LogP contribution in [0, 0.1) is 0 Å². The third kappa shape index (κ3) is 4.46. The number of hydrogen-bond acceptors (Lipinski definition) is 3. The summed E-state index contributed by atoms with van der Waals surface area (Å²) >= 11 is 0. The second-order valence-electron chi connectivity index (χ2n) is 6.43. The molecule has 0 bridgehead atoms. The molecule has 1 saturated carbocycles.